The fourth-order valence-corrected chi connectivity index (χ4v) is 1.59. The number of aryl methyl sites for hydroxylation is 1. The van der Waals surface area contributed by atoms with Crippen molar-refractivity contribution in [3.63, 3.8) is 0 Å². The van der Waals surface area contributed by atoms with Gasteiger partial charge in [0.15, 0.2) is 11.5 Å². The Kier molecular flexibility index (Phi) is 5.01. The van der Waals surface area contributed by atoms with Crippen LogP contribution in [0.3, 0.4) is 0 Å². The van der Waals surface area contributed by atoms with E-state index in [0.29, 0.717) is 23.7 Å². The van der Waals surface area contributed by atoms with Crippen molar-refractivity contribution in [1.82, 2.24) is 0 Å². The zero-order valence-electron chi connectivity index (χ0n) is 10.9. The minimum absolute atomic E-state index is 0.107. The van der Waals surface area contributed by atoms with E-state index in [-0.39, 0.29) is 5.92 Å². The number of methoxy groups -OCH3 is 2. The van der Waals surface area contributed by atoms with Crippen molar-refractivity contribution in [2.75, 3.05) is 14.2 Å². The molecule has 0 saturated carbocycles. The summed E-state index contributed by atoms with van der Waals surface area (Å²) >= 11 is 0. The average Bonchev–Trinajstić information content (AvgIpc) is 2.35. The molecule has 0 unspecified atom stereocenters. The van der Waals surface area contributed by atoms with Crippen LogP contribution >= 0.6 is 0 Å². The van der Waals surface area contributed by atoms with E-state index in [9.17, 15) is 4.79 Å². The molecule has 0 aromatic heterocycles. The van der Waals surface area contributed by atoms with Gasteiger partial charge in [0.2, 0.25) is 0 Å². The summed E-state index contributed by atoms with van der Waals surface area (Å²) in [5.41, 5.74) is 1.09. The standard InChI is InChI=1S/C14H20O3/c1-10(2)12(15)7-5-11-6-8-13(16-3)14(9-11)17-4/h6,8-10H,5,7H2,1-4H3. The van der Waals surface area contributed by atoms with Gasteiger partial charge in [0.25, 0.3) is 0 Å². The van der Waals surface area contributed by atoms with Crippen LogP contribution < -0.4 is 9.47 Å². The van der Waals surface area contributed by atoms with Crippen LogP contribution in [-0.4, -0.2) is 20.0 Å². The predicted molar refractivity (Wildman–Crippen MR) is 67.7 cm³/mol. The van der Waals surface area contributed by atoms with Crippen LogP contribution in [0, 0.1) is 5.92 Å². The molecule has 0 radical (unpaired) electrons. The van der Waals surface area contributed by atoms with Gasteiger partial charge in [-0.15, -0.1) is 0 Å². The smallest absolute Gasteiger partial charge is 0.160 e. The third-order valence-electron chi connectivity index (χ3n) is 2.75. The van der Waals surface area contributed by atoms with Crippen molar-refractivity contribution in [3.05, 3.63) is 23.8 Å². The Morgan fingerprint density at radius 3 is 2.35 bits per heavy atom. The van der Waals surface area contributed by atoms with Gasteiger partial charge in [-0.05, 0) is 24.1 Å². The van der Waals surface area contributed by atoms with E-state index in [1.807, 2.05) is 32.0 Å². The van der Waals surface area contributed by atoms with Gasteiger partial charge in [0.1, 0.15) is 5.78 Å². The molecule has 1 rings (SSSR count). The molecule has 17 heavy (non-hydrogen) atoms. The van der Waals surface area contributed by atoms with Gasteiger partial charge >= 0.3 is 0 Å². The van der Waals surface area contributed by atoms with Gasteiger partial charge in [0, 0.05) is 12.3 Å². The van der Waals surface area contributed by atoms with Crippen LogP contribution in [0.4, 0.5) is 0 Å². The van der Waals surface area contributed by atoms with Crippen molar-refractivity contribution < 1.29 is 14.3 Å². The Balaban J connectivity index is 2.69. The SMILES string of the molecule is COc1ccc(CCC(=O)C(C)C)cc1OC. The summed E-state index contributed by atoms with van der Waals surface area (Å²) in [5.74, 6) is 1.82. The highest BCUT2D eigenvalue weighted by molar-refractivity contribution is 5.80. The molecule has 3 heteroatoms. The molecule has 0 aliphatic rings. The third kappa shape index (κ3) is 3.77. The average molecular weight is 236 g/mol. The topological polar surface area (TPSA) is 35.5 Å². The lowest BCUT2D eigenvalue weighted by molar-refractivity contribution is -0.121. The fraction of sp³-hybridized carbons (Fsp3) is 0.500. The van der Waals surface area contributed by atoms with Gasteiger partial charge in [-0.3, -0.25) is 4.79 Å². The van der Waals surface area contributed by atoms with Crippen molar-refractivity contribution in [3.8, 4) is 11.5 Å². The molecule has 0 aliphatic heterocycles. The number of carbonyl (C=O) groups is 1. The summed E-state index contributed by atoms with van der Waals surface area (Å²) in [6, 6.07) is 5.76. The fourth-order valence-electron chi connectivity index (χ4n) is 1.59. The maximum absolute atomic E-state index is 11.5. The molecule has 3 nitrogen and oxygen atoms in total. The largest absolute Gasteiger partial charge is 0.493 e. The summed E-state index contributed by atoms with van der Waals surface area (Å²) in [6.07, 6.45) is 1.32. The molecule has 1 aromatic carbocycles. The first kappa shape index (κ1) is 13.6. The van der Waals surface area contributed by atoms with Crippen LogP contribution in [0.25, 0.3) is 0 Å². The van der Waals surface area contributed by atoms with Gasteiger partial charge in [-0.1, -0.05) is 19.9 Å². The minimum Gasteiger partial charge on any atom is -0.493 e. The lowest BCUT2D eigenvalue weighted by Gasteiger charge is -2.09. The molecule has 0 amide bonds. The molecule has 0 aliphatic carbocycles. The first-order valence-corrected chi connectivity index (χ1v) is 5.82. The van der Waals surface area contributed by atoms with E-state index in [2.05, 4.69) is 0 Å². The van der Waals surface area contributed by atoms with Crippen LogP contribution in [0.5, 0.6) is 11.5 Å². The molecule has 0 saturated heterocycles. The number of hydrogen-bond donors (Lipinski definition) is 0. The Morgan fingerprint density at radius 1 is 1.18 bits per heavy atom. The number of rotatable bonds is 6. The summed E-state index contributed by atoms with van der Waals surface area (Å²) < 4.78 is 10.4. The molecule has 0 spiro atoms. The van der Waals surface area contributed by atoms with Gasteiger partial charge in [-0.2, -0.15) is 0 Å². The van der Waals surface area contributed by atoms with E-state index < -0.39 is 0 Å². The van der Waals surface area contributed by atoms with Crippen LogP contribution in [-0.2, 0) is 11.2 Å². The van der Waals surface area contributed by atoms with Gasteiger partial charge in [-0.25, -0.2) is 0 Å². The van der Waals surface area contributed by atoms with E-state index in [4.69, 9.17) is 9.47 Å². The monoisotopic (exact) mass is 236 g/mol. The van der Waals surface area contributed by atoms with Crippen molar-refractivity contribution in [1.29, 1.82) is 0 Å². The molecule has 0 fully saturated rings. The van der Waals surface area contributed by atoms with E-state index in [1.165, 1.54) is 0 Å². The van der Waals surface area contributed by atoms with E-state index in [1.54, 1.807) is 14.2 Å². The second kappa shape index (κ2) is 6.28. The Labute approximate surface area is 103 Å². The van der Waals surface area contributed by atoms with Crippen LogP contribution in [0.2, 0.25) is 0 Å². The number of Topliss-reactive ketones (excluding diaryl/α,β-unsaturated/α-hetero) is 1. The highest BCUT2D eigenvalue weighted by Crippen LogP contribution is 2.28. The van der Waals surface area contributed by atoms with E-state index in [0.717, 1.165) is 12.0 Å². The lowest BCUT2D eigenvalue weighted by atomic mass is 10.0. The van der Waals surface area contributed by atoms with Crippen LogP contribution in [0.15, 0.2) is 18.2 Å². The minimum atomic E-state index is 0.107. The predicted octanol–water partition coefficient (Wildman–Crippen LogP) is 2.86. The highest BCUT2D eigenvalue weighted by atomic mass is 16.5. The second-order valence-corrected chi connectivity index (χ2v) is 4.31. The van der Waals surface area contributed by atoms with Crippen molar-refractivity contribution in [2.45, 2.75) is 26.7 Å². The number of ether oxygens (including phenoxy) is 2. The summed E-state index contributed by atoms with van der Waals surface area (Å²) in [6.45, 7) is 3.86. The normalized spacial score (nSPS) is 10.4. The number of benzene rings is 1. The first-order valence-electron chi connectivity index (χ1n) is 5.82. The first-order chi connectivity index (χ1) is 8.08. The molecule has 0 heterocycles. The quantitative estimate of drug-likeness (QED) is 0.762. The van der Waals surface area contributed by atoms with Crippen molar-refractivity contribution >= 4 is 5.78 Å². The maximum atomic E-state index is 11.5. The zero-order chi connectivity index (χ0) is 12.8. The second-order valence-electron chi connectivity index (χ2n) is 4.31. The molecule has 0 atom stereocenters. The number of ketones is 1. The molecular weight excluding hydrogens is 216 g/mol. The Morgan fingerprint density at radius 2 is 1.82 bits per heavy atom. The van der Waals surface area contributed by atoms with Crippen molar-refractivity contribution in [2.24, 2.45) is 5.92 Å². The van der Waals surface area contributed by atoms with E-state index >= 15 is 0 Å². The van der Waals surface area contributed by atoms with Crippen LogP contribution in [0.1, 0.15) is 25.8 Å². The summed E-state index contributed by atoms with van der Waals surface area (Å²) in [4.78, 5) is 11.5. The lowest BCUT2D eigenvalue weighted by Crippen LogP contribution is -2.07. The molecular formula is C14H20O3. The molecule has 0 bridgehead atoms. The summed E-state index contributed by atoms with van der Waals surface area (Å²) in [7, 11) is 3.22. The Hall–Kier alpha value is -1.51. The van der Waals surface area contributed by atoms with Gasteiger partial charge < -0.3 is 9.47 Å². The van der Waals surface area contributed by atoms with Gasteiger partial charge in [0.05, 0.1) is 14.2 Å². The Bertz CT molecular complexity index is 383. The number of hydrogen-bond acceptors (Lipinski definition) is 3. The molecule has 1 aromatic rings. The zero-order valence-corrected chi connectivity index (χ0v) is 10.9. The molecule has 94 valence electrons. The third-order valence-corrected chi connectivity index (χ3v) is 2.75. The summed E-state index contributed by atoms with van der Waals surface area (Å²) in [5, 5.41) is 0. The maximum Gasteiger partial charge on any atom is 0.160 e. The number of carbonyl (C=O) groups excluding carboxylic acids is 1. The molecule has 0 N–H and O–H groups in total. The highest BCUT2D eigenvalue weighted by Gasteiger charge is 2.09.